The van der Waals surface area contributed by atoms with Crippen LogP contribution in [0.3, 0.4) is 0 Å². The number of amides is 1. The Kier molecular flexibility index (Phi) is 10.2. The van der Waals surface area contributed by atoms with Crippen molar-refractivity contribution in [2.24, 2.45) is 5.92 Å². The summed E-state index contributed by atoms with van der Waals surface area (Å²) in [6.45, 7) is 4.43. The van der Waals surface area contributed by atoms with Gasteiger partial charge in [0.15, 0.2) is 0 Å². The van der Waals surface area contributed by atoms with Crippen LogP contribution in [0.2, 0.25) is 0 Å². The molecule has 1 amide bonds. The van der Waals surface area contributed by atoms with E-state index in [1.54, 1.807) is 7.11 Å². The van der Waals surface area contributed by atoms with Crippen molar-refractivity contribution in [1.29, 1.82) is 0 Å². The van der Waals surface area contributed by atoms with Crippen LogP contribution in [0.1, 0.15) is 93.5 Å². The Morgan fingerprint density at radius 3 is 2.08 bits per heavy atom. The number of likely N-dealkylation sites (tertiary alicyclic amines) is 1. The zero-order chi connectivity index (χ0) is 26.7. The number of methoxy groups -OCH3 is 1. The van der Waals surface area contributed by atoms with E-state index in [4.69, 9.17) is 4.74 Å². The number of hydrogen-bond donors (Lipinski definition) is 0. The van der Waals surface area contributed by atoms with Crippen LogP contribution in [-0.4, -0.2) is 17.9 Å². The van der Waals surface area contributed by atoms with Gasteiger partial charge in [-0.25, -0.2) is 0 Å². The highest BCUT2D eigenvalue weighted by Crippen LogP contribution is 2.45. The number of unbranched alkanes of at least 4 members (excludes halogenated alkanes) is 3. The van der Waals surface area contributed by atoms with Gasteiger partial charge in [0, 0.05) is 0 Å². The number of carbonyl (C=O) groups excluding carboxylic acids is 1. The second-order valence-electron chi connectivity index (χ2n) is 10.6. The van der Waals surface area contributed by atoms with Crippen LogP contribution in [0, 0.1) is 5.92 Å². The molecule has 38 heavy (non-hydrogen) atoms. The van der Waals surface area contributed by atoms with Crippen LogP contribution < -0.4 is 4.74 Å². The van der Waals surface area contributed by atoms with E-state index in [0.29, 0.717) is 0 Å². The van der Waals surface area contributed by atoms with Crippen LogP contribution >= 0.6 is 0 Å². The number of ether oxygens (including phenoxy) is 1. The SMILES string of the molecule is CCCCCC[C@H](/C=C\[C@@H](C)c1cccc(OC)c1)C(=O)N1[C@H](c2ccccc2)CC[C@H]1c1ccccc1. The molecule has 0 N–H and O–H groups in total. The van der Waals surface area contributed by atoms with E-state index in [0.717, 1.165) is 31.4 Å². The second kappa shape index (κ2) is 14.0. The summed E-state index contributed by atoms with van der Waals surface area (Å²) in [4.78, 5) is 16.7. The number of benzene rings is 3. The molecule has 1 aliphatic rings. The van der Waals surface area contributed by atoms with E-state index in [1.807, 2.05) is 12.1 Å². The second-order valence-corrected chi connectivity index (χ2v) is 10.6. The number of allylic oxidation sites excluding steroid dienone is 1. The highest BCUT2D eigenvalue weighted by Gasteiger charge is 2.40. The van der Waals surface area contributed by atoms with Crippen molar-refractivity contribution >= 4 is 5.91 Å². The summed E-state index contributed by atoms with van der Waals surface area (Å²) in [6.07, 6.45) is 11.9. The van der Waals surface area contributed by atoms with Crippen LogP contribution in [0.25, 0.3) is 0 Å². The van der Waals surface area contributed by atoms with Crippen molar-refractivity contribution in [3.8, 4) is 5.75 Å². The Labute approximate surface area is 229 Å². The topological polar surface area (TPSA) is 29.5 Å². The van der Waals surface area contributed by atoms with Gasteiger partial charge < -0.3 is 9.64 Å². The van der Waals surface area contributed by atoms with Gasteiger partial charge in [-0.05, 0) is 54.0 Å². The molecular formula is C35H43NO2. The third-order valence-electron chi connectivity index (χ3n) is 7.95. The molecule has 1 heterocycles. The molecule has 3 heteroatoms. The van der Waals surface area contributed by atoms with Crippen molar-refractivity contribution in [3.05, 3.63) is 114 Å². The largest absolute Gasteiger partial charge is 0.497 e. The van der Waals surface area contributed by atoms with Crippen molar-refractivity contribution in [2.75, 3.05) is 7.11 Å². The number of carbonyl (C=O) groups is 1. The lowest BCUT2D eigenvalue weighted by Gasteiger charge is -2.34. The molecule has 1 aliphatic heterocycles. The molecule has 0 spiro atoms. The summed E-state index contributed by atoms with van der Waals surface area (Å²) >= 11 is 0. The van der Waals surface area contributed by atoms with E-state index >= 15 is 0 Å². The van der Waals surface area contributed by atoms with Crippen LogP contribution in [-0.2, 0) is 4.79 Å². The summed E-state index contributed by atoms with van der Waals surface area (Å²) in [7, 11) is 1.70. The molecule has 0 bridgehead atoms. The van der Waals surface area contributed by atoms with Crippen molar-refractivity contribution in [3.63, 3.8) is 0 Å². The van der Waals surface area contributed by atoms with Crippen LogP contribution in [0.4, 0.5) is 0 Å². The molecular weight excluding hydrogens is 466 g/mol. The Bertz CT molecular complexity index is 1110. The van der Waals surface area contributed by atoms with Gasteiger partial charge in [-0.15, -0.1) is 0 Å². The first kappa shape index (κ1) is 27.7. The van der Waals surface area contributed by atoms with Crippen molar-refractivity contribution in [2.45, 2.75) is 76.8 Å². The van der Waals surface area contributed by atoms with E-state index in [-0.39, 0.29) is 29.8 Å². The fourth-order valence-electron chi connectivity index (χ4n) is 5.74. The van der Waals surface area contributed by atoms with Crippen LogP contribution in [0.5, 0.6) is 5.75 Å². The molecule has 0 radical (unpaired) electrons. The Hall–Kier alpha value is -3.33. The standard InChI is InChI=1S/C35H43NO2/c1-4-5-6-9-19-30(23-22-27(2)31-20-14-21-32(26-31)38-3)35(37)36-33(28-15-10-7-11-16-28)24-25-34(36)29-17-12-8-13-18-29/h7-8,10-18,20-23,26-27,30,33-34H,4-6,9,19,24-25H2,1-3H3/b23-22-/t27-,30-,33+,34+/m1/s1. The first-order chi connectivity index (χ1) is 18.6. The summed E-state index contributed by atoms with van der Waals surface area (Å²) < 4.78 is 5.44. The summed E-state index contributed by atoms with van der Waals surface area (Å²) in [5, 5.41) is 0. The molecule has 200 valence electrons. The minimum atomic E-state index is -0.129. The maximum Gasteiger partial charge on any atom is 0.230 e. The number of nitrogens with zero attached hydrogens (tertiary/aromatic N) is 1. The molecule has 0 saturated carbocycles. The molecule has 0 unspecified atom stereocenters. The van der Waals surface area contributed by atoms with E-state index in [1.165, 1.54) is 36.0 Å². The summed E-state index contributed by atoms with van der Waals surface area (Å²) in [6, 6.07) is 29.6. The molecule has 1 saturated heterocycles. The fourth-order valence-corrected chi connectivity index (χ4v) is 5.74. The van der Waals surface area contributed by atoms with Gasteiger partial charge in [-0.2, -0.15) is 0 Å². The molecule has 4 rings (SSSR count). The normalized spacial score (nSPS) is 19.0. The molecule has 3 aromatic rings. The molecule has 3 aromatic carbocycles. The maximum atomic E-state index is 14.5. The molecule has 4 atom stereocenters. The lowest BCUT2D eigenvalue weighted by molar-refractivity contribution is -0.137. The molecule has 1 fully saturated rings. The van der Waals surface area contributed by atoms with E-state index in [2.05, 4.69) is 104 Å². The first-order valence-corrected chi connectivity index (χ1v) is 14.4. The van der Waals surface area contributed by atoms with Gasteiger partial charge in [0.2, 0.25) is 5.91 Å². The first-order valence-electron chi connectivity index (χ1n) is 14.4. The zero-order valence-corrected chi connectivity index (χ0v) is 23.3. The minimum absolute atomic E-state index is 0.108. The molecule has 3 nitrogen and oxygen atoms in total. The van der Waals surface area contributed by atoms with E-state index in [9.17, 15) is 4.79 Å². The predicted octanol–water partition coefficient (Wildman–Crippen LogP) is 9.05. The average molecular weight is 510 g/mol. The molecule has 0 aromatic heterocycles. The minimum Gasteiger partial charge on any atom is -0.497 e. The summed E-state index contributed by atoms with van der Waals surface area (Å²) in [5.74, 6) is 1.19. The number of hydrogen-bond acceptors (Lipinski definition) is 2. The van der Waals surface area contributed by atoms with Gasteiger partial charge in [0.05, 0.1) is 25.1 Å². The zero-order valence-electron chi connectivity index (χ0n) is 23.3. The molecule has 0 aliphatic carbocycles. The maximum absolute atomic E-state index is 14.5. The Balaban J connectivity index is 1.63. The Morgan fingerprint density at radius 2 is 1.50 bits per heavy atom. The highest BCUT2D eigenvalue weighted by atomic mass is 16.5. The van der Waals surface area contributed by atoms with E-state index < -0.39 is 0 Å². The van der Waals surface area contributed by atoms with Gasteiger partial charge in [0.25, 0.3) is 0 Å². The average Bonchev–Trinajstić information content (AvgIpc) is 3.42. The van der Waals surface area contributed by atoms with Gasteiger partial charge >= 0.3 is 0 Å². The van der Waals surface area contributed by atoms with Crippen molar-refractivity contribution in [1.82, 2.24) is 4.90 Å². The monoisotopic (exact) mass is 509 g/mol. The lowest BCUT2D eigenvalue weighted by Crippen LogP contribution is -2.37. The Morgan fingerprint density at radius 1 is 0.868 bits per heavy atom. The van der Waals surface area contributed by atoms with Crippen molar-refractivity contribution < 1.29 is 9.53 Å². The highest BCUT2D eigenvalue weighted by molar-refractivity contribution is 5.82. The van der Waals surface area contributed by atoms with Crippen LogP contribution in [0.15, 0.2) is 97.1 Å². The number of rotatable bonds is 12. The summed E-state index contributed by atoms with van der Waals surface area (Å²) in [5.41, 5.74) is 3.67. The third-order valence-corrected chi connectivity index (χ3v) is 7.95. The predicted molar refractivity (Wildman–Crippen MR) is 157 cm³/mol. The van der Waals surface area contributed by atoms with Gasteiger partial charge in [-0.3, -0.25) is 4.79 Å². The third kappa shape index (κ3) is 6.95. The smallest absolute Gasteiger partial charge is 0.230 e. The van der Waals surface area contributed by atoms with Gasteiger partial charge in [-0.1, -0.05) is 124 Å². The lowest BCUT2D eigenvalue weighted by atomic mass is 9.93. The quantitative estimate of drug-likeness (QED) is 0.180. The fraction of sp³-hybridized carbons (Fsp3) is 0.400. The van der Waals surface area contributed by atoms with Gasteiger partial charge in [0.1, 0.15) is 5.75 Å².